The lowest BCUT2D eigenvalue weighted by Gasteiger charge is -2.49. The van der Waals surface area contributed by atoms with Crippen molar-refractivity contribution in [3.05, 3.63) is 70.8 Å². The lowest BCUT2D eigenvalue weighted by atomic mass is 9.94. The van der Waals surface area contributed by atoms with Crippen LogP contribution in [0.2, 0.25) is 0 Å². The number of amides is 2. The molecule has 3 fully saturated rings. The van der Waals surface area contributed by atoms with Crippen LogP contribution in [0.5, 0.6) is 0 Å². The number of hydrogen-bond acceptors (Lipinski definition) is 5. The summed E-state index contributed by atoms with van der Waals surface area (Å²) in [5.74, 6) is 0.0133. The highest BCUT2D eigenvalue weighted by Crippen LogP contribution is 2.50. The molecule has 4 aliphatic rings. The summed E-state index contributed by atoms with van der Waals surface area (Å²) in [6, 6.07) is 17.0. The number of likely N-dealkylation sites (N-methyl/N-ethyl adjacent to an activating group) is 1. The summed E-state index contributed by atoms with van der Waals surface area (Å²) in [6.07, 6.45) is 1.80. The molecule has 0 unspecified atom stereocenters. The molecule has 0 bridgehead atoms. The smallest absolute Gasteiger partial charge is 0.258 e. The van der Waals surface area contributed by atoms with Gasteiger partial charge in [0.2, 0.25) is 0 Å². The minimum Gasteiger partial charge on any atom is -0.368 e. The number of nitrogens with zero attached hydrogens (tertiary/aromatic N) is 4. The van der Waals surface area contributed by atoms with Crippen molar-refractivity contribution in [1.82, 2.24) is 15.1 Å². The molecule has 3 aliphatic heterocycles. The lowest BCUT2D eigenvalue weighted by molar-refractivity contribution is 0.0929. The van der Waals surface area contributed by atoms with E-state index in [1.165, 1.54) is 0 Å². The maximum Gasteiger partial charge on any atom is 0.258 e. The van der Waals surface area contributed by atoms with Crippen molar-refractivity contribution < 1.29 is 9.59 Å². The van der Waals surface area contributed by atoms with Gasteiger partial charge in [-0.25, -0.2) is 0 Å². The third-order valence-corrected chi connectivity index (χ3v) is 9.28. The van der Waals surface area contributed by atoms with E-state index in [1.807, 2.05) is 32.2 Å². The zero-order valence-corrected chi connectivity index (χ0v) is 22.5. The van der Waals surface area contributed by atoms with E-state index in [0.29, 0.717) is 6.04 Å². The van der Waals surface area contributed by atoms with Gasteiger partial charge < -0.3 is 20.0 Å². The number of rotatable bonds is 5. The number of carbonyl (C=O) groups excluding carboxylic acids is 2. The van der Waals surface area contributed by atoms with Crippen LogP contribution in [0.15, 0.2) is 48.5 Å². The number of aryl methyl sites for hydroxylation is 1. The van der Waals surface area contributed by atoms with Gasteiger partial charge >= 0.3 is 0 Å². The summed E-state index contributed by atoms with van der Waals surface area (Å²) < 4.78 is 0. The Morgan fingerprint density at radius 1 is 0.974 bits per heavy atom. The van der Waals surface area contributed by atoms with Crippen LogP contribution in [-0.2, 0) is 5.54 Å². The van der Waals surface area contributed by atoms with Gasteiger partial charge in [0.25, 0.3) is 11.8 Å². The Bertz CT molecular complexity index is 1460. The topological polar surface area (TPSA) is 59.1 Å². The van der Waals surface area contributed by atoms with Crippen LogP contribution in [0.3, 0.4) is 0 Å². The fourth-order valence-corrected chi connectivity index (χ4v) is 6.56. The van der Waals surface area contributed by atoms with Crippen molar-refractivity contribution in [3.63, 3.8) is 0 Å². The Balaban J connectivity index is 1.11. The minimum absolute atomic E-state index is 0.0190. The molecule has 3 aromatic carbocycles. The molecule has 38 heavy (non-hydrogen) atoms. The molecule has 3 aromatic rings. The van der Waals surface area contributed by atoms with Gasteiger partial charge in [-0.2, -0.15) is 0 Å². The molecule has 0 atom stereocenters. The molecule has 7 nitrogen and oxygen atoms in total. The molecule has 2 saturated heterocycles. The Morgan fingerprint density at radius 2 is 1.74 bits per heavy atom. The maximum atomic E-state index is 13.7. The van der Waals surface area contributed by atoms with Crippen molar-refractivity contribution in [3.8, 4) is 0 Å². The first-order chi connectivity index (χ1) is 18.3. The summed E-state index contributed by atoms with van der Waals surface area (Å²) in [5.41, 5.74) is 5.29. The minimum atomic E-state index is -0.385. The number of nitrogens with one attached hydrogen (secondary N) is 1. The van der Waals surface area contributed by atoms with Gasteiger partial charge in [-0.05, 0) is 67.6 Å². The van der Waals surface area contributed by atoms with Gasteiger partial charge in [-0.3, -0.25) is 14.5 Å². The van der Waals surface area contributed by atoms with Crippen LogP contribution < -0.4 is 15.1 Å². The van der Waals surface area contributed by atoms with E-state index in [9.17, 15) is 9.59 Å². The van der Waals surface area contributed by atoms with Crippen molar-refractivity contribution in [2.75, 3.05) is 63.2 Å². The predicted molar refractivity (Wildman–Crippen MR) is 151 cm³/mol. The Hall–Kier alpha value is -3.42. The van der Waals surface area contributed by atoms with E-state index >= 15 is 0 Å². The first kappa shape index (κ1) is 23.7. The molecule has 196 valence electrons. The monoisotopic (exact) mass is 509 g/mol. The highest BCUT2D eigenvalue weighted by atomic mass is 16.2. The summed E-state index contributed by atoms with van der Waals surface area (Å²) in [7, 11) is 4.02. The lowest BCUT2D eigenvalue weighted by Crippen LogP contribution is -2.63. The van der Waals surface area contributed by atoms with E-state index in [0.717, 1.165) is 96.5 Å². The van der Waals surface area contributed by atoms with Crippen molar-refractivity contribution in [2.24, 2.45) is 0 Å². The molecule has 0 aromatic heterocycles. The maximum absolute atomic E-state index is 13.7. The molecule has 7 rings (SSSR count). The number of benzene rings is 3. The van der Waals surface area contributed by atoms with Crippen molar-refractivity contribution in [1.29, 1.82) is 0 Å². The molecule has 1 aliphatic carbocycles. The number of anilines is 2. The van der Waals surface area contributed by atoms with Crippen molar-refractivity contribution >= 4 is 34.0 Å². The van der Waals surface area contributed by atoms with Gasteiger partial charge in [0.15, 0.2) is 0 Å². The van der Waals surface area contributed by atoms with Crippen LogP contribution >= 0.6 is 0 Å². The molecule has 1 N–H and O–H groups in total. The molecular weight excluding hydrogens is 474 g/mol. The third-order valence-electron chi connectivity index (χ3n) is 9.28. The second-order valence-electron chi connectivity index (χ2n) is 11.7. The number of hydrogen-bond donors (Lipinski definition) is 1. The fraction of sp³-hybridized carbons (Fsp3) is 0.419. The Kier molecular flexibility index (Phi) is 5.33. The molecule has 0 radical (unpaired) electrons. The average Bonchev–Trinajstić information content (AvgIpc) is 3.63. The molecule has 1 saturated carbocycles. The second-order valence-corrected chi connectivity index (χ2v) is 11.7. The fourth-order valence-electron chi connectivity index (χ4n) is 6.56. The summed E-state index contributed by atoms with van der Waals surface area (Å²) in [5, 5.41) is 5.48. The Morgan fingerprint density at radius 3 is 2.47 bits per heavy atom. The summed E-state index contributed by atoms with van der Waals surface area (Å²) in [6.45, 7) is 8.61. The summed E-state index contributed by atoms with van der Waals surface area (Å²) >= 11 is 0. The van der Waals surface area contributed by atoms with Gasteiger partial charge in [-0.15, -0.1) is 0 Å². The quantitative estimate of drug-likeness (QED) is 0.570. The standard InChI is InChI=1S/C31H35N5O2/c1-20-7-8-21(36-18-22(19-36)35-15-13-33(2)14-16-35)17-25(20)29(37)32-31(11-12-31)26-9-10-27-28-23(26)5-4-6-24(28)30(38)34(27)3/h4-10,17,22H,11-16,18-19H2,1-3H3,(H,32,37). The normalized spacial score (nSPS) is 21.2. The second kappa shape index (κ2) is 8.55. The van der Waals surface area contributed by atoms with Crippen LogP contribution in [0.25, 0.3) is 10.8 Å². The van der Waals surface area contributed by atoms with Gasteiger partial charge in [-0.1, -0.05) is 24.3 Å². The van der Waals surface area contributed by atoms with E-state index in [2.05, 4.69) is 57.4 Å². The average molecular weight is 510 g/mol. The number of carbonyl (C=O) groups is 2. The molecular formula is C31H35N5O2. The zero-order chi connectivity index (χ0) is 26.2. The van der Waals surface area contributed by atoms with Crippen LogP contribution in [0, 0.1) is 6.92 Å². The highest BCUT2D eigenvalue weighted by Gasteiger charge is 2.47. The molecule has 3 heterocycles. The summed E-state index contributed by atoms with van der Waals surface area (Å²) in [4.78, 5) is 35.6. The molecule has 7 heteroatoms. The predicted octanol–water partition coefficient (Wildman–Crippen LogP) is 3.59. The molecule has 0 spiro atoms. The van der Waals surface area contributed by atoms with Gasteiger partial charge in [0.1, 0.15) is 0 Å². The van der Waals surface area contributed by atoms with Crippen LogP contribution in [0.1, 0.15) is 44.7 Å². The van der Waals surface area contributed by atoms with E-state index in [4.69, 9.17) is 0 Å². The van der Waals surface area contributed by atoms with Crippen LogP contribution in [-0.4, -0.2) is 81.0 Å². The van der Waals surface area contributed by atoms with E-state index in [1.54, 1.807) is 4.90 Å². The van der Waals surface area contributed by atoms with Crippen LogP contribution in [0.4, 0.5) is 11.4 Å². The Labute approximate surface area is 224 Å². The third kappa shape index (κ3) is 3.63. The van der Waals surface area contributed by atoms with Gasteiger partial charge in [0, 0.05) is 74.6 Å². The SMILES string of the molecule is Cc1ccc(N2CC(N3CCN(C)CC3)C2)cc1C(=O)NC1(c2ccc3c4c(cccc24)C(=O)N3C)CC1. The first-order valence-electron chi connectivity index (χ1n) is 13.8. The van der Waals surface area contributed by atoms with E-state index in [-0.39, 0.29) is 17.4 Å². The zero-order valence-electron chi connectivity index (χ0n) is 22.5. The van der Waals surface area contributed by atoms with Crippen molar-refractivity contribution in [2.45, 2.75) is 31.3 Å². The molecule has 2 amide bonds. The van der Waals surface area contributed by atoms with E-state index < -0.39 is 0 Å². The highest BCUT2D eigenvalue weighted by molar-refractivity contribution is 6.25. The number of piperazine rings is 1. The first-order valence-corrected chi connectivity index (χ1v) is 13.8. The largest absolute Gasteiger partial charge is 0.368 e. The van der Waals surface area contributed by atoms with Gasteiger partial charge in [0.05, 0.1) is 11.2 Å².